The molecule has 0 amide bonds. The van der Waals surface area contributed by atoms with Gasteiger partial charge >= 0.3 is 5.97 Å². The van der Waals surface area contributed by atoms with Gasteiger partial charge in [-0.1, -0.05) is 48.5 Å². The third-order valence-corrected chi connectivity index (χ3v) is 4.78. The SMILES string of the molecule is O=C(O)c1cc([N+](=O)[O-])c(C=Cc2ccc(OCc3ccccc3)cc2)s1. The number of ether oxygens (including phenoxy) is 1. The average Bonchev–Trinajstić information content (AvgIpc) is 3.11. The van der Waals surface area contributed by atoms with E-state index < -0.39 is 10.9 Å². The van der Waals surface area contributed by atoms with Crippen LogP contribution in [-0.4, -0.2) is 16.0 Å². The van der Waals surface area contributed by atoms with Gasteiger partial charge in [0.2, 0.25) is 0 Å². The number of carboxylic acid groups (broad SMARTS) is 1. The van der Waals surface area contributed by atoms with Crippen LogP contribution in [0, 0.1) is 10.1 Å². The number of carboxylic acids is 1. The number of thiophene rings is 1. The second-order valence-corrected chi connectivity index (χ2v) is 6.68. The van der Waals surface area contributed by atoms with Crippen LogP contribution < -0.4 is 4.74 Å². The Bertz CT molecular complexity index is 977. The van der Waals surface area contributed by atoms with E-state index in [1.54, 1.807) is 12.2 Å². The summed E-state index contributed by atoms with van der Waals surface area (Å²) in [5.41, 5.74) is 1.68. The molecule has 136 valence electrons. The zero-order valence-electron chi connectivity index (χ0n) is 14.1. The molecule has 0 aliphatic heterocycles. The van der Waals surface area contributed by atoms with Gasteiger partial charge in [0.05, 0.1) is 4.92 Å². The van der Waals surface area contributed by atoms with E-state index in [4.69, 9.17) is 9.84 Å². The standard InChI is InChI=1S/C20H15NO5S/c22-20(23)19-12-17(21(24)25)18(27-19)11-8-14-6-9-16(10-7-14)26-13-15-4-2-1-3-5-15/h1-12H,13H2,(H,22,23). The van der Waals surface area contributed by atoms with E-state index in [0.29, 0.717) is 17.2 Å². The first kappa shape index (κ1) is 18.3. The highest BCUT2D eigenvalue weighted by Crippen LogP contribution is 2.31. The lowest BCUT2D eigenvalue weighted by Crippen LogP contribution is -1.94. The maximum Gasteiger partial charge on any atom is 0.346 e. The molecule has 0 spiro atoms. The molecule has 0 fully saturated rings. The number of hydrogen-bond acceptors (Lipinski definition) is 5. The summed E-state index contributed by atoms with van der Waals surface area (Å²) in [4.78, 5) is 21.7. The Balaban J connectivity index is 1.69. The van der Waals surface area contributed by atoms with Crippen LogP contribution in [0.3, 0.4) is 0 Å². The topological polar surface area (TPSA) is 89.7 Å². The van der Waals surface area contributed by atoms with Crippen molar-refractivity contribution in [3.8, 4) is 5.75 Å². The van der Waals surface area contributed by atoms with Crippen LogP contribution in [0.15, 0.2) is 60.7 Å². The third kappa shape index (κ3) is 4.80. The predicted molar refractivity (Wildman–Crippen MR) is 104 cm³/mol. The Hall–Kier alpha value is -3.45. The molecule has 6 nitrogen and oxygen atoms in total. The molecule has 0 saturated heterocycles. The van der Waals surface area contributed by atoms with Crippen LogP contribution in [-0.2, 0) is 6.61 Å². The molecule has 3 rings (SSSR count). The Labute approximate surface area is 159 Å². The minimum Gasteiger partial charge on any atom is -0.489 e. The Morgan fingerprint density at radius 1 is 1.11 bits per heavy atom. The van der Waals surface area contributed by atoms with Crippen molar-refractivity contribution in [2.45, 2.75) is 6.61 Å². The highest BCUT2D eigenvalue weighted by atomic mass is 32.1. The summed E-state index contributed by atoms with van der Waals surface area (Å²) in [7, 11) is 0. The molecular weight excluding hydrogens is 366 g/mol. The highest BCUT2D eigenvalue weighted by molar-refractivity contribution is 7.15. The molecule has 1 N–H and O–H groups in total. The molecule has 2 aromatic carbocycles. The molecule has 0 bridgehead atoms. The lowest BCUT2D eigenvalue weighted by Gasteiger charge is -2.06. The van der Waals surface area contributed by atoms with Gasteiger partial charge in [0, 0.05) is 6.07 Å². The van der Waals surface area contributed by atoms with E-state index >= 15 is 0 Å². The summed E-state index contributed by atoms with van der Waals surface area (Å²) in [5.74, 6) is -0.464. The van der Waals surface area contributed by atoms with Gasteiger partial charge in [-0.2, -0.15) is 0 Å². The molecular formula is C20H15NO5S. The van der Waals surface area contributed by atoms with E-state index in [2.05, 4.69) is 0 Å². The van der Waals surface area contributed by atoms with Crippen LogP contribution in [0.4, 0.5) is 5.69 Å². The normalized spacial score (nSPS) is 10.8. The molecule has 7 heteroatoms. The van der Waals surface area contributed by atoms with E-state index in [-0.39, 0.29) is 10.6 Å². The van der Waals surface area contributed by atoms with Gasteiger partial charge in [-0.15, -0.1) is 11.3 Å². The largest absolute Gasteiger partial charge is 0.489 e. The van der Waals surface area contributed by atoms with E-state index in [0.717, 1.165) is 28.5 Å². The predicted octanol–water partition coefficient (Wildman–Crippen LogP) is 5.10. The van der Waals surface area contributed by atoms with Crippen molar-refractivity contribution in [2.75, 3.05) is 0 Å². The van der Waals surface area contributed by atoms with Crippen molar-refractivity contribution in [1.82, 2.24) is 0 Å². The Kier molecular flexibility index (Phi) is 5.63. The van der Waals surface area contributed by atoms with Gasteiger partial charge in [-0.3, -0.25) is 10.1 Å². The van der Waals surface area contributed by atoms with E-state index in [9.17, 15) is 14.9 Å². The summed E-state index contributed by atoms with van der Waals surface area (Å²) in [6, 6.07) is 18.2. The smallest absolute Gasteiger partial charge is 0.346 e. The number of rotatable bonds is 7. The molecule has 1 aromatic heterocycles. The second-order valence-electron chi connectivity index (χ2n) is 5.60. The monoisotopic (exact) mass is 381 g/mol. The van der Waals surface area contributed by atoms with Crippen LogP contribution in [0.2, 0.25) is 0 Å². The lowest BCUT2D eigenvalue weighted by molar-refractivity contribution is -0.384. The number of nitrogens with zero attached hydrogens (tertiary/aromatic N) is 1. The zero-order valence-corrected chi connectivity index (χ0v) is 14.9. The maximum atomic E-state index is 11.1. The minimum atomic E-state index is -1.18. The summed E-state index contributed by atoms with van der Waals surface area (Å²) < 4.78 is 5.71. The third-order valence-electron chi connectivity index (χ3n) is 3.70. The summed E-state index contributed by atoms with van der Waals surface area (Å²) in [5, 5.41) is 20.1. The molecule has 0 radical (unpaired) electrons. The van der Waals surface area contributed by atoms with Gasteiger partial charge in [-0.25, -0.2) is 4.79 Å². The summed E-state index contributed by atoms with van der Waals surface area (Å²) in [6.45, 7) is 0.468. The average molecular weight is 381 g/mol. The van der Waals surface area contributed by atoms with Crippen molar-refractivity contribution in [1.29, 1.82) is 0 Å². The molecule has 3 aromatic rings. The molecule has 0 aliphatic carbocycles. The number of carbonyl (C=O) groups is 1. The second kappa shape index (κ2) is 8.29. The molecule has 0 aliphatic rings. The fraction of sp³-hybridized carbons (Fsp3) is 0.0500. The van der Waals surface area contributed by atoms with Gasteiger partial charge < -0.3 is 9.84 Å². The van der Waals surface area contributed by atoms with Crippen molar-refractivity contribution in [2.24, 2.45) is 0 Å². The first-order valence-corrected chi connectivity index (χ1v) is 8.81. The van der Waals surface area contributed by atoms with Gasteiger partial charge in [0.15, 0.2) is 0 Å². The van der Waals surface area contributed by atoms with Gasteiger partial charge in [0.1, 0.15) is 22.1 Å². The Morgan fingerprint density at radius 2 is 1.81 bits per heavy atom. The quantitative estimate of drug-likeness (QED) is 0.454. The fourth-order valence-corrected chi connectivity index (χ4v) is 3.22. The summed E-state index contributed by atoms with van der Waals surface area (Å²) in [6.07, 6.45) is 3.25. The van der Waals surface area contributed by atoms with Gasteiger partial charge in [0.25, 0.3) is 5.69 Å². The van der Waals surface area contributed by atoms with Crippen LogP contribution in [0.5, 0.6) is 5.75 Å². The number of nitro groups is 1. The van der Waals surface area contributed by atoms with Crippen molar-refractivity contribution in [3.63, 3.8) is 0 Å². The summed E-state index contributed by atoms with van der Waals surface area (Å²) >= 11 is 0.871. The molecule has 27 heavy (non-hydrogen) atoms. The van der Waals surface area contributed by atoms with E-state index in [1.165, 1.54) is 0 Å². The molecule has 0 saturated carbocycles. The molecule has 0 atom stereocenters. The van der Waals surface area contributed by atoms with Crippen molar-refractivity contribution < 1.29 is 19.6 Å². The first-order chi connectivity index (χ1) is 13.0. The number of aromatic carboxylic acids is 1. The molecule has 0 unspecified atom stereocenters. The molecule has 1 heterocycles. The lowest BCUT2D eigenvalue weighted by atomic mass is 10.2. The number of benzene rings is 2. The Morgan fingerprint density at radius 3 is 2.44 bits per heavy atom. The number of hydrogen-bond donors (Lipinski definition) is 1. The first-order valence-electron chi connectivity index (χ1n) is 7.99. The van der Waals surface area contributed by atoms with E-state index in [1.807, 2.05) is 54.6 Å². The van der Waals surface area contributed by atoms with Crippen LogP contribution >= 0.6 is 11.3 Å². The maximum absolute atomic E-state index is 11.1. The van der Waals surface area contributed by atoms with Crippen LogP contribution in [0.25, 0.3) is 12.2 Å². The highest BCUT2D eigenvalue weighted by Gasteiger charge is 2.20. The van der Waals surface area contributed by atoms with Crippen molar-refractivity contribution in [3.05, 3.63) is 91.7 Å². The zero-order chi connectivity index (χ0) is 19.2. The van der Waals surface area contributed by atoms with Crippen molar-refractivity contribution >= 4 is 35.1 Å². The van der Waals surface area contributed by atoms with Crippen LogP contribution in [0.1, 0.15) is 25.7 Å². The fourth-order valence-electron chi connectivity index (χ4n) is 2.35. The van der Waals surface area contributed by atoms with Gasteiger partial charge in [-0.05, 0) is 29.3 Å². The minimum absolute atomic E-state index is 0.0639.